The van der Waals surface area contributed by atoms with Gasteiger partial charge in [0.2, 0.25) is 5.91 Å². The number of carbonyl (C=O) groups excluding carboxylic acids is 1. The fourth-order valence-electron chi connectivity index (χ4n) is 5.46. The quantitative estimate of drug-likeness (QED) is 0.762. The van der Waals surface area contributed by atoms with Crippen LogP contribution in [0, 0.1) is 5.92 Å². The van der Waals surface area contributed by atoms with Crippen molar-refractivity contribution >= 4 is 5.91 Å². The maximum absolute atomic E-state index is 13.3. The summed E-state index contributed by atoms with van der Waals surface area (Å²) >= 11 is 0. The molecule has 0 saturated heterocycles. The molecule has 1 aromatic carbocycles. The normalized spacial score (nSPS) is 28.7. The molecule has 1 aromatic rings. The molecule has 2 fully saturated rings. The molecular formula is C24H36N2O2. The van der Waals surface area contributed by atoms with Crippen molar-refractivity contribution in [3.63, 3.8) is 0 Å². The van der Waals surface area contributed by atoms with Gasteiger partial charge >= 0.3 is 0 Å². The Bertz CT molecular complexity index is 673. The van der Waals surface area contributed by atoms with Crippen LogP contribution in [-0.4, -0.2) is 48.0 Å². The minimum atomic E-state index is -0.221. The maximum Gasteiger partial charge on any atom is 0.223 e. The Balaban J connectivity index is 1.52. The van der Waals surface area contributed by atoms with Gasteiger partial charge in [-0.1, -0.05) is 37.5 Å². The number of fused-ring (bicyclic) bond motifs is 1. The first-order chi connectivity index (χ1) is 13.5. The Kier molecular flexibility index (Phi) is 5.96. The van der Waals surface area contributed by atoms with Crippen LogP contribution in [0.4, 0.5) is 0 Å². The van der Waals surface area contributed by atoms with Gasteiger partial charge in [0, 0.05) is 24.6 Å². The number of benzene rings is 1. The van der Waals surface area contributed by atoms with Crippen LogP contribution in [0.25, 0.3) is 0 Å². The van der Waals surface area contributed by atoms with Crippen molar-refractivity contribution in [2.45, 2.75) is 82.4 Å². The Morgan fingerprint density at radius 3 is 2.54 bits per heavy atom. The zero-order valence-corrected chi connectivity index (χ0v) is 17.7. The average molecular weight is 385 g/mol. The van der Waals surface area contributed by atoms with Crippen molar-refractivity contribution in [2.75, 3.05) is 20.6 Å². The van der Waals surface area contributed by atoms with Crippen LogP contribution in [0.3, 0.4) is 0 Å². The monoisotopic (exact) mass is 384 g/mol. The highest BCUT2D eigenvalue weighted by atomic mass is 16.5. The lowest BCUT2D eigenvalue weighted by atomic mass is 9.81. The van der Waals surface area contributed by atoms with Gasteiger partial charge in [0.1, 0.15) is 11.4 Å². The Hall–Kier alpha value is -1.55. The van der Waals surface area contributed by atoms with Crippen LogP contribution < -0.4 is 4.74 Å². The van der Waals surface area contributed by atoms with Crippen molar-refractivity contribution in [1.29, 1.82) is 0 Å². The van der Waals surface area contributed by atoms with Crippen LogP contribution in [-0.2, 0) is 11.3 Å². The summed E-state index contributed by atoms with van der Waals surface area (Å²) in [5.74, 6) is 1.90. The molecule has 2 saturated carbocycles. The number of rotatable bonds is 3. The molecule has 1 aliphatic heterocycles. The molecule has 0 unspecified atom stereocenters. The third kappa shape index (κ3) is 4.37. The number of nitrogens with zero attached hydrogens (tertiary/aromatic N) is 2. The second-order valence-corrected chi connectivity index (χ2v) is 9.55. The summed E-state index contributed by atoms with van der Waals surface area (Å²) in [6, 6.07) is 8.95. The van der Waals surface area contributed by atoms with E-state index in [-0.39, 0.29) is 5.60 Å². The molecule has 28 heavy (non-hydrogen) atoms. The van der Waals surface area contributed by atoms with Gasteiger partial charge in [-0.3, -0.25) is 4.79 Å². The number of hydrogen-bond donors (Lipinski definition) is 0. The van der Waals surface area contributed by atoms with E-state index in [0.717, 1.165) is 50.0 Å². The molecule has 3 aliphatic rings. The van der Waals surface area contributed by atoms with E-state index < -0.39 is 0 Å². The van der Waals surface area contributed by atoms with Crippen LogP contribution in [0.15, 0.2) is 24.3 Å². The molecule has 1 heterocycles. The first-order valence-electron chi connectivity index (χ1n) is 11.3. The van der Waals surface area contributed by atoms with Crippen molar-refractivity contribution < 1.29 is 9.53 Å². The summed E-state index contributed by atoms with van der Waals surface area (Å²) in [6.07, 6.45) is 11.4. The number of para-hydroxylation sites is 1. The van der Waals surface area contributed by atoms with Crippen molar-refractivity contribution in [3.8, 4) is 5.75 Å². The molecule has 4 rings (SSSR count). The lowest BCUT2D eigenvalue weighted by molar-refractivity contribution is -0.136. The average Bonchev–Trinajstić information content (AvgIpc) is 2.86. The highest BCUT2D eigenvalue weighted by Crippen LogP contribution is 2.39. The predicted octanol–water partition coefficient (Wildman–Crippen LogP) is 4.62. The molecule has 0 aromatic heterocycles. The molecule has 154 valence electrons. The standard InChI is InChI=1S/C24H36N2O2/c1-25(2)21-12-14-24(15-13-21)18-26(17-20-10-6-7-11-22(20)28-24)23(27)16-19-8-4-3-5-9-19/h6-7,10-11,19,21H,3-5,8-9,12-18H2,1-2H3. The first-order valence-corrected chi connectivity index (χ1v) is 11.3. The van der Waals surface area contributed by atoms with Gasteiger partial charge in [-0.15, -0.1) is 0 Å². The maximum atomic E-state index is 13.3. The molecular weight excluding hydrogens is 348 g/mol. The van der Waals surface area contributed by atoms with Crippen LogP contribution >= 0.6 is 0 Å². The van der Waals surface area contributed by atoms with Gasteiger partial charge in [0.25, 0.3) is 0 Å². The molecule has 4 heteroatoms. The number of hydrogen-bond acceptors (Lipinski definition) is 3. The number of carbonyl (C=O) groups is 1. The predicted molar refractivity (Wildman–Crippen MR) is 112 cm³/mol. The summed E-state index contributed by atoms with van der Waals surface area (Å²) in [5.41, 5.74) is 0.938. The van der Waals surface area contributed by atoms with E-state index in [0.29, 0.717) is 24.4 Å². The van der Waals surface area contributed by atoms with Gasteiger partial charge in [0.15, 0.2) is 0 Å². The third-order valence-corrected chi connectivity index (χ3v) is 7.28. The van der Waals surface area contributed by atoms with Crippen LogP contribution in [0.2, 0.25) is 0 Å². The van der Waals surface area contributed by atoms with Gasteiger partial charge in [-0.05, 0) is 64.6 Å². The molecule has 4 nitrogen and oxygen atoms in total. The highest BCUT2D eigenvalue weighted by Gasteiger charge is 2.42. The molecule has 0 bridgehead atoms. The fraction of sp³-hybridized carbons (Fsp3) is 0.708. The first kappa shape index (κ1) is 19.8. The van der Waals surface area contributed by atoms with E-state index >= 15 is 0 Å². The minimum Gasteiger partial charge on any atom is -0.485 e. The lowest BCUT2D eigenvalue weighted by Gasteiger charge is -2.43. The van der Waals surface area contributed by atoms with E-state index in [4.69, 9.17) is 4.74 Å². The fourth-order valence-corrected chi connectivity index (χ4v) is 5.46. The number of amides is 1. The van der Waals surface area contributed by atoms with Gasteiger partial charge < -0.3 is 14.5 Å². The summed E-state index contributed by atoms with van der Waals surface area (Å²) in [7, 11) is 4.35. The van der Waals surface area contributed by atoms with E-state index in [2.05, 4.69) is 48.2 Å². The topological polar surface area (TPSA) is 32.8 Å². The van der Waals surface area contributed by atoms with E-state index in [9.17, 15) is 4.79 Å². The second kappa shape index (κ2) is 8.44. The van der Waals surface area contributed by atoms with Crippen molar-refractivity contribution in [1.82, 2.24) is 9.80 Å². The minimum absolute atomic E-state index is 0.221. The van der Waals surface area contributed by atoms with Gasteiger partial charge in [0.05, 0.1) is 6.54 Å². The Morgan fingerprint density at radius 1 is 1.11 bits per heavy atom. The second-order valence-electron chi connectivity index (χ2n) is 9.55. The van der Waals surface area contributed by atoms with E-state index in [1.165, 1.54) is 32.1 Å². The van der Waals surface area contributed by atoms with E-state index in [1.54, 1.807) is 0 Å². The van der Waals surface area contributed by atoms with E-state index in [1.807, 2.05) is 0 Å². The molecule has 1 spiro atoms. The molecule has 2 aliphatic carbocycles. The van der Waals surface area contributed by atoms with Gasteiger partial charge in [-0.25, -0.2) is 0 Å². The molecule has 0 radical (unpaired) electrons. The SMILES string of the molecule is CN(C)C1CCC2(CC1)CN(C(=O)CC1CCCCC1)Cc1ccccc1O2. The summed E-state index contributed by atoms with van der Waals surface area (Å²) < 4.78 is 6.67. The lowest BCUT2D eigenvalue weighted by Crippen LogP contribution is -2.51. The Morgan fingerprint density at radius 2 is 1.82 bits per heavy atom. The molecule has 1 amide bonds. The highest BCUT2D eigenvalue weighted by molar-refractivity contribution is 5.76. The van der Waals surface area contributed by atoms with Gasteiger partial charge in [-0.2, -0.15) is 0 Å². The zero-order chi connectivity index (χ0) is 19.6. The smallest absolute Gasteiger partial charge is 0.223 e. The summed E-state index contributed by atoms with van der Waals surface area (Å²) in [5, 5.41) is 0. The molecule has 0 atom stereocenters. The summed E-state index contributed by atoms with van der Waals surface area (Å²) in [6.45, 7) is 1.44. The summed E-state index contributed by atoms with van der Waals surface area (Å²) in [4.78, 5) is 17.7. The zero-order valence-electron chi connectivity index (χ0n) is 17.7. The van der Waals surface area contributed by atoms with Crippen LogP contribution in [0.1, 0.15) is 69.8 Å². The van der Waals surface area contributed by atoms with Crippen molar-refractivity contribution in [2.24, 2.45) is 5.92 Å². The molecule has 0 N–H and O–H groups in total. The number of ether oxygens (including phenoxy) is 1. The largest absolute Gasteiger partial charge is 0.485 e. The van der Waals surface area contributed by atoms with Crippen LogP contribution in [0.5, 0.6) is 5.75 Å². The van der Waals surface area contributed by atoms with Crippen molar-refractivity contribution in [3.05, 3.63) is 29.8 Å². The third-order valence-electron chi connectivity index (χ3n) is 7.28. The Labute approximate surface area is 170 Å².